The molecule has 26 heavy (non-hydrogen) atoms. The van der Waals surface area contributed by atoms with Gasteiger partial charge in [-0.25, -0.2) is 0 Å². The number of amides is 1. The number of nitrogens with two attached hydrogens (primary N) is 1. The highest BCUT2D eigenvalue weighted by Crippen LogP contribution is 2.29. The third-order valence-corrected chi connectivity index (χ3v) is 5.26. The van der Waals surface area contributed by atoms with E-state index in [0.717, 1.165) is 27.2 Å². The largest absolute Gasteiger partial charge is 0.374 e. The van der Waals surface area contributed by atoms with Crippen LogP contribution in [0.1, 0.15) is 23.0 Å². The first-order valence-electron chi connectivity index (χ1n) is 8.35. The first-order chi connectivity index (χ1) is 12.5. The summed E-state index contributed by atoms with van der Waals surface area (Å²) in [6.45, 7) is 3.76. The minimum atomic E-state index is -0.414. The van der Waals surface area contributed by atoms with Crippen molar-refractivity contribution >= 4 is 40.0 Å². The molecule has 6 heteroatoms. The zero-order valence-corrected chi connectivity index (χ0v) is 15.5. The lowest BCUT2D eigenvalue weighted by molar-refractivity contribution is -0.115. The van der Waals surface area contributed by atoms with Gasteiger partial charge in [0.05, 0.1) is 11.8 Å². The second kappa shape index (κ2) is 7.66. The van der Waals surface area contributed by atoms with E-state index in [4.69, 9.17) is 5.73 Å². The molecular weight excluding hydrogens is 346 g/mol. The zero-order valence-electron chi connectivity index (χ0n) is 14.7. The Kier molecular flexibility index (Phi) is 5.32. The molecule has 1 amide bonds. The van der Waals surface area contributed by atoms with E-state index in [1.807, 2.05) is 62.4 Å². The highest BCUT2D eigenvalue weighted by atomic mass is 32.2. The Morgan fingerprint density at radius 1 is 1.15 bits per heavy atom. The van der Waals surface area contributed by atoms with Crippen LogP contribution in [0.2, 0.25) is 0 Å². The second-order valence-corrected chi connectivity index (χ2v) is 7.17. The summed E-state index contributed by atoms with van der Waals surface area (Å²) in [6.07, 6.45) is 0. The van der Waals surface area contributed by atoms with Gasteiger partial charge >= 0.3 is 0 Å². The van der Waals surface area contributed by atoms with Gasteiger partial charge in [0.25, 0.3) is 0 Å². The quantitative estimate of drug-likeness (QED) is 0.438. The molecule has 134 valence electrons. The minimum absolute atomic E-state index is 0.0228. The smallest absolute Gasteiger partial charge is 0.227 e. The molecule has 0 radical (unpaired) electrons. The molecule has 0 fully saturated rings. The van der Waals surface area contributed by atoms with Crippen LogP contribution in [-0.2, 0) is 4.79 Å². The molecule has 2 aromatic carbocycles. The third kappa shape index (κ3) is 3.75. The lowest BCUT2D eigenvalue weighted by Crippen LogP contribution is -2.27. The number of carbonyl (C=O) groups is 2. The molecular formula is C20H21N3O2S. The van der Waals surface area contributed by atoms with E-state index in [0.29, 0.717) is 5.56 Å². The van der Waals surface area contributed by atoms with Gasteiger partial charge in [0, 0.05) is 32.7 Å². The van der Waals surface area contributed by atoms with Crippen LogP contribution in [0.15, 0.2) is 53.4 Å². The van der Waals surface area contributed by atoms with E-state index >= 15 is 0 Å². The van der Waals surface area contributed by atoms with Gasteiger partial charge in [0.15, 0.2) is 5.78 Å². The SMILES string of the molecule is Cc1[nH]c2ccccc2c1C(=O)[C@H](C)Nc1ccccc1SCC(N)=O. The molecule has 0 aliphatic carbocycles. The summed E-state index contributed by atoms with van der Waals surface area (Å²) in [4.78, 5) is 28.3. The Morgan fingerprint density at radius 2 is 1.85 bits per heavy atom. The van der Waals surface area contributed by atoms with E-state index in [1.165, 1.54) is 11.8 Å². The molecule has 0 saturated heterocycles. The number of benzene rings is 2. The van der Waals surface area contributed by atoms with Crippen LogP contribution >= 0.6 is 11.8 Å². The van der Waals surface area contributed by atoms with Crippen molar-refractivity contribution in [1.29, 1.82) is 0 Å². The number of rotatable bonds is 7. The number of para-hydroxylation sites is 2. The lowest BCUT2D eigenvalue weighted by Gasteiger charge is -2.17. The summed E-state index contributed by atoms with van der Waals surface area (Å²) in [5.41, 5.74) is 8.58. The van der Waals surface area contributed by atoms with Crippen molar-refractivity contribution in [3.05, 3.63) is 59.8 Å². The van der Waals surface area contributed by atoms with E-state index < -0.39 is 6.04 Å². The topological polar surface area (TPSA) is 88.0 Å². The first-order valence-corrected chi connectivity index (χ1v) is 9.34. The number of anilines is 1. The molecule has 0 aliphatic rings. The Bertz CT molecular complexity index is 965. The normalized spacial score (nSPS) is 12.1. The van der Waals surface area contributed by atoms with E-state index in [2.05, 4.69) is 10.3 Å². The van der Waals surface area contributed by atoms with Gasteiger partial charge in [-0.2, -0.15) is 0 Å². The summed E-state index contributed by atoms with van der Waals surface area (Å²) < 4.78 is 0. The van der Waals surface area contributed by atoms with Crippen molar-refractivity contribution in [2.24, 2.45) is 5.73 Å². The third-order valence-electron chi connectivity index (χ3n) is 4.16. The average Bonchev–Trinajstić information content (AvgIpc) is 2.95. The highest BCUT2D eigenvalue weighted by molar-refractivity contribution is 8.00. The summed E-state index contributed by atoms with van der Waals surface area (Å²) in [7, 11) is 0. The molecule has 3 aromatic rings. The van der Waals surface area contributed by atoms with Crippen LogP contribution in [0.4, 0.5) is 5.69 Å². The number of thioether (sulfide) groups is 1. The monoisotopic (exact) mass is 367 g/mol. The van der Waals surface area contributed by atoms with Gasteiger partial charge in [-0.3, -0.25) is 9.59 Å². The number of carbonyl (C=O) groups excluding carboxylic acids is 2. The minimum Gasteiger partial charge on any atom is -0.374 e. The van der Waals surface area contributed by atoms with Crippen LogP contribution in [0.5, 0.6) is 0 Å². The highest BCUT2D eigenvalue weighted by Gasteiger charge is 2.22. The van der Waals surface area contributed by atoms with Gasteiger partial charge in [-0.05, 0) is 32.0 Å². The molecule has 0 unspecified atom stereocenters. The summed E-state index contributed by atoms with van der Waals surface area (Å²) in [5, 5.41) is 4.21. The fourth-order valence-electron chi connectivity index (χ4n) is 2.97. The number of H-pyrrole nitrogens is 1. The molecule has 0 spiro atoms. The van der Waals surface area contributed by atoms with Crippen LogP contribution < -0.4 is 11.1 Å². The van der Waals surface area contributed by atoms with Crippen LogP contribution in [-0.4, -0.2) is 28.5 Å². The number of fused-ring (bicyclic) bond motifs is 1. The molecule has 5 nitrogen and oxygen atoms in total. The second-order valence-electron chi connectivity index (χ2n) is 6.15. The number of hydrogen-bond donors (Lipinski definition) is 3. The summed E-state index contributed by atoms with van der Waals surface area (Å²) >= 11 is 1.36. The number of primary amides is 1. The number of aromatic amines is 1. The summed E-state index contributed by atoms with van der Waals surface area (Å²) in [5.74, 6) is -0.152. The molecule has 1 atom stereocenters. The molecule has 0 aliphatic heterocycles. The Labute approximate surface area is 156 Å². The van der Waals surface area contributed by atoms with Crippen molar-refractivity contribution in [1.82, 2.24) is 4.98 Å². The lowest BCUT2D eigenvalue weighted by atomic mass is 10.0. The van der Waals surface area contributed by atoms with Crippen LogP contribution in [0, 0.1) is 6.92 Å². The summed E-state index contributed by atoms with van der Waals surface area (Å²) in [6, 6.07) is 15.0. The first kappa shape index (κ1) is 18.1. The van der Waals surface area contributed by atoms with Crippen molar-refractivity contribution in [3.63, 3.8) is 0 Å². The van der Waals surface area contributed by atoms with Gasteiger partial charge in [-0.1, -0.05) is 30.3 Å². The maximum Gasteiger partial charge on any atom is 0.227 e. The number of hydrogen-bond acceptors (Lipinski definition) is 4. The standard InChI is InChI=1S/C20H21N3O2S/c1-12-19(14-7-3-4-8-15(14)22-12)20(25)13(2)23-16-9-5-6-10-17(16)26-11-18(21)24/h3-10,13,22-23H,11H2,1-2H3,(H2,21,24)/t13-/m0/s1. The Hall–Kier alpha value is -2.73. The molecule has 3 rings (SSSR count). The number of aryl methyl sites for hydroxylation is 1. The molecule has 0 bridgehead atoms. The fourth-order valence-corrected chi connectivity index (χ4v) is 3.73. The molecule has 0 saturated carbocycles. The Morgan fingerprint density at radius 3 is 2.62 bits per heavy atom. The molecule has 1 heterocycles. The van der Waals surface area contributed by atoms with Gasteiger partial charge in [-0.15, -0.1) is 11.8 Å². The number of aromatic nitrogens is 1. The van der Waals surface area contributed by atoms with Crippen molar-refractivity contribution in [3.8, 4) is 0 Å². The number of Topliss-reactive ketones (excluding diaryl/α,β-unsaturated/α-hetero) is 1. The predicted molar refractivity (Wildman–Crippen MR) is 107 cm³/mol. The zero-order chi connectivity index (χ0) is 18.7. The van der Waals surface area contributed by atoms with Crippen molar-refractivity contribution in [2.45, 2.75) is 24.8 Å². The van der Waals surface area contributed by atoms with Crippen LogP contribution in [0.3, 0.4) is 0 Å². The maximum atomic E-state index is 13.1. The average molecular weight is 367 g/mol. The van der Waals surface area contributed by atoms with E-state index in [-0.39, 0.29) is 17.4 Å². The number of nitrogens with one attached hydrogen (secondary N) is 2. The Balaban J connectivity index is 1.84. The number of ketones is 1. The van der Waals surface area contributed by atoms with Crippen molar-refractivity contribution in [2.75, 3.05) is 11.1 Å². The van der Waals surface area contributed by atoms with Gasteiger partial charge in [0.2, 0.25) is 5.91 Å². The van der Waals surface area contributed by atoms with Crippen LogP contribution in [0.25, 0.3) is 10.9 Å². The fraction of sp³-hybridized carbons (Fsp3) is 0.200. The van der Waals surface area contributed by atoms with E-state index in [9.17, 15) is 9.59 Å². The van der Waals surface area contributed by atoms with Gasteiger partial charge < -0.3 is 16.0 Å². The van der Waals surface area contributed by atoms with Crippen molar-refractivity contribution < 1.29 is 9.59 Å². The van der Waals surface area contributed by atoms with Gasteiger partial charge in [0.1, 0.15) is 0 Å². The molecule has 4 N–H and O–H groups in total. The van der Waals surface area contributed by atoms with E-state index in [1.54, 1.807) is 0 Å². The maximum absolute atomic E-state index is 13.1. The molecule has 1 aromatic heterocycles. The predicted octanol–water partition coefficient (Wildman–Crippen LogP) is 3.74.